The molecule has 31 heavy (non-hydrogen) atoms. The van der Waals surface area contributed by atoms with Crippen molar-refractivity contribution in [2.24, 2.45) is 0 Å². The molecule has 0 bridgehead atoms. The Morgan fingerprint density at radius 2 is 1.94 bits per heavy atom. The van der Waals surface area contributed by atoms with Gasteiger partial charge in [0.15, 0.2) is 6.04 Å². The van der Waals surface area contributed by atoms with Gasteiger partial charge in [0.05, 0.1) is 23.7 Å². The predicted molar refractivity (Wildman–Crippen MR) is 117 cm³/mol. The Labute approximate surface area is 191 Å². The summed E-state index contributed by atoms with van der Waals surface area (Å²) in [6.45, 7) is 8.98. The molecule has 7 nitrogen and oxygen atoms in total. The summed E-state index contributed by atoms with van der Waals surface area (Å²) in [5.41, 5.74) is 0.533. The van der Waals surface area contributed by atoms with Crippen molar-refractivity contribution in [3.8, 4) is 6.07 Å². The zero-order valence-electron chi connectivity index (χ0n) is 17.6. The Hall–Kier alpha value is -2.56. The minimum atomic E-state index is -1.12. The average molecular weight is 466 g/mol. The van der Waals surface area contributed by atoms with Crippen LogP contribution in [0.1, 0.15) is 44.2 Å². The van der Waals surface area contributed by atoms with Gasteiger partial charge in [0, 0.05) is 5.88 Å². The molecule has 4 unspecified atom stereocenters. The lowest BCUT2D eigenvalue weighted by Crippen LogP contribution is -2.72. The van der Waals surface area contributed by atoms with Gasteiger partial charge in [-0.25, -0.2) is 4.79 Å². The molecular formula is C22H25Cl2N3O4. The number of rotatable bonds is 9. The van der Waals surface area contributed by atoms with Crippen molar-refractivity contribution >= 4 is 41.0 Å². The fraction of sp³-hybridized carbons (Fsp3) is 0.455. The van der Waals surface area contributed by atoms with Crippen LogP contribution in [0.4, 0.5) is 0 Å². The number of amides is 2. The van der Waals surface area contributed by atoms with Gasteiger partial charge in [-0.05, 0) is 43.5 Å². The number of likely N-dealkylation sites (tertiary alicyclic amines) is 1. The second-order valence-electron chi connectivity index (χ2n) is 7.48. The van der Waals surface area contributed by atoms with E-state index in [-0.39, 0.29) is 17.4 Å². The van der Waals surface area contributed by atoms with Crippen molar-refractivity contribution in [2.75, 3.05) is 5.88 Å². The van der Waals surface area contributed by atoms with Crippen molar-refractivity contribution in [1.82, 2.24) is 10.2 Å². The fourth-order valence-electron chi connectivity index (χ4n) is 3.34. The zero-order chi connectivity index (χ0) is 23.3. The van der Waals surface area contributed by atoms with E-state index in [2.05, 4.69) is 11.9 Å². The quantitative estimate of drug-likeness (QED) is 0.198. The van der Waals surface area contributed by atoms with E-state index < -0.39 is 41.5 Å². The number of nitrogens with one attached hydrogen (secondary N) is 1. The van der Waals surface area contributed by atoms with Gasteiger partial charge in [0.2, 0.25) is 5.91 Å². The average Bonchev–Trinajstić information content (AvgIpc) is 2.75. The Morgan fingerprint density at radius 3 is 2.39 bits per heavy atom. The molecule has 2 rings (SSSR count). The first-order chi connectivity index (χ1) is 14.7. The number of hydrogen-bond donors (Lipinski definition) is 1. The van der Waals surface area contributed by atoms with E-state index in [1.807, 2.05) is 13.0 Å². The highest BCUT2D eigenvalue weighted by Gasteiger charge is 2.53. The van der Waals surface area contributed by atoms with E-state index in [1.165, 1.54) is 0 Å². The summed E-state index contributed by atoms with van der Waals surface area (Å²) >= 11 is 12.2. The molecule has 0 aromatic heterocycles. The Kier molecular flexibility index (Phi) is 8.49. The van der Waals surface area contributed by atoms with E-state index in [0.29, 0.717) is 12.0 Å². The fourth-order valence-corrected chi connectivity index (χ4v) is 3.87. The molecular weight excluding hydrogens is 441 g/mol. The molecule has 1 aromatic rings. The van der Waals surface area contributed by atoms with Crippen LogP contribution in [0.5, 0.6) is 0 Å². The maximum atomic E-state index is 12.8. The smallest absolute Gasteiger partial charge is 0.333 e. The van der Waals surface area contributed by atoms with Crippen molar-refractivity contribution < 1.29 is 19.1 Å². The SMILES string of the molecule is C=C(CCl)C(C(=O)OC(C)C)N1C(=O)C(NC(=O)C(CC)c2ccc(C#N)cc2)C1Cl. The molecule has 9 heteroatoms. The number of hydrogen-bond acceptors (Lipinski definition) is 5. The molecule has 0 radical (unpaired) electrons. The molecule has 1 N–H and O–H groups in total. The molecule has 0 aliphatic carbocycles. The Balaban J connectivity index is 2.13. The number of β-lactam (4-membered cyclic amide) rings is 1. The molecule has 4 atom stereocenters. The third kappa shape index (κ3) is 5.38. The minimum Gasteiger partial charge on any atom is -0.461 e. The first-order valence-corrected chi connectivity index (χ1v) is 10.8. The number of esters is 1. The van der Waals surface area contributed by atoms with Crippen molar-refractivity contribution in [2.45, 2.75) is 56.8 Å². The molecule has 1 aliphatic heterocycles. The van der Waals surface area contributed by atoms with Gasteiger partial charge in [-0.2, -0.15) is 5.26 Å². The largest absolute Gasteiger partial charge is 0.461 e. The van der Waals surface area contributed by atoms with E-state index in [0.717, 1.165) is 10.5 Å². The topological polar surface area (TPSA) is 99.5 Å². The number of nitriles is 1. The highest BCUT2D eigenvalue weighted by molar-refractivity contribution is 6.27. The highest BCUT2D eigenvalue weighted by Crippen LogP contribution is 2.31. The first kappa shape index (κ1) is 24.7. The van der Waals surface area contributed by atoms with Crippen molar-refractivity contribution in [3.05, 3.63) is 47.5 Å². The number of ether oxygens (including phenoxy) is 1. The predicted octanol–water partition coefficient (Wildman–Crippen LogP) is 3.06. The molecule has 1 aliphatic rings. The van der Waals surface area contributed by atoms with E-state index >= 15 is 0 Å². The lowest BCUT2D eigenvalue weighted by atomic mass is 9.93. The number of alkyl halides is 2. The van der Waals surface area contributed by atoms with Gasteiger partial charge in [-0.1, -0.05) is 37.2 Å². The summed E-state index contributed by atoms with van der Waals surface area (Å²) in [6.07, 6.45) is 0.0957. The van der Waals surface area contributed by atoms with Crippen LogP contribution in [0, 0.1) is 11.3 Å². The highest BCUT2D eigenvalue weighted by atomic mass is 35.5. The van der Waals surface area contributed by atoms with E-state index in [4.69, 9.17) is 33.2 Å². The third-order valence-corrected chi connectivity index (χ3v) is 5.74. The number of carbonyl (C=O) groups excluding carboxylic acids is 3. The molecule has 166 valence electrons. The van der Waals surface area contributed by atoms with Gasteiger partial charge >= 0.3 is 5.97 Å². The number of halogens is 2. The van der Waals surface area contributed by atoms with Crippen LogP contribution in [0.15, 0.2) is 36.4 Å². The van der Waals surface area contributed by atoms with Crippen LogP contribution in [0.2, 0.25) is 0 Å². The van der Waals surface area contributed by atoms with Gasteiger partial charge in [0.25, 0.3) is 5.91 Å². The van der Waals surface area contributed by atoms with Crippen LogP contribution in [-0.2, 0) is 19.1 Å². The van der Waals surface area contributed by atoms with Crippen LogP contribution >= 0.6 is 23.2 Å². The van der Waals surface area contributed by atoms with Crippen molar-refractivity contribution in [1.29, 1.82) is 5.26 Å². The third-order valence-electron chi connectivity index (χ3n) is 4.94. The zero-order valence-corrected chi connectivity index (χ0v) is 19.1. The van der Waals surface area contributed by atoms with Gasteiger partial charge in [-0.3, -0.25) is 9.59 Å². The molecule has 1 fully saturated rings. The van der Waals surface area contributed by atoms with Gasteiger partial charge in [-0.15, -0.1) is 11.6 Å². The summed E-state index contributed by atoms with van der Waals surface area (Å²) < 4.78 is 5.22. The summed E-state index contributed by atoms with van der Waals surface area (Å²) in [5.74, 6) is -2.13. The van der Waals surface area contributed by atoms with Crippen LogP contribution in [0.25, 0.3) is 0 Å². The maximum Gasteiger partial charge on any atom is 0.333 e. The second kappa shape index (κ2) is 10.7. The summed E-state index contributed by atoms with van der Waals surface area (Å²) in [5, 5.41) is 11.6. The number of nitrogens with zero attached hydrogens (tertiary/aromatic N) is 2. The van der Waals surface area contributed by atoms with Crippen LogP contribution < -0.4 is 5.32 Å². The second-order valence-corrected chi connectivity index (χ2v) is 8.19. The lowest BCUT2D eigenvalue weighted by molar-refractivity contribution is -0.165. The molecule has 1 heterocycles. The lowest BCUT2D eigenvalue weighted by Gasteiger charge is -2.47. The normalized spacial score (nSPS) is 19.8. The van der Waals surface area contributed by atoms with Crippen LogP contribution in [-0.4, -0.2) is 52.3 Å². The number of benzene rings is 1. The summed E-state index contributed by atoms with van der Waals surface area (Å²) in [6, 6.07) is 6.61. The Bertz CT molecular complexity index is 895. The Morgan fingerprint density at radius 1 is 1.32 bits per heavy atom. The van der Waals surface area contributed by atoms with E-state index in [9.17, 15) is 14.4 Å². The van der Waals surface area contributed by atoms with Gasteiger partial charge < -0.3 is 15.0 Å². The molecule has 1 aromatic carbocycles. The monoisotopic (exact) mass is 465 g/mol. The number of carbonyl (C=O) groups is 3. The molecule has 0 saturated carbocycles. The first-order valence-electron chi connectivity index (χ1n) is 9.87. The molecule has 1 saturated heterocycles. The minimum absolute atomic E-state index is 0.0567. The summed E-state index contributed by atoms with van der Waals surface area (Å²) in [7, 11) is 0. The summed E-state index contributed by atoms with van der Waals surface area (Å²) in [4.78, 5) is 39.2. The maximum absolute atomic E-state index is 12.8. The molecule has 0 spiro atoms. The molecule has 2 amide bonds. The van der Waals surface area contributed by atoms with Gasteiger partial charge in [0.1, 0.15) is 11.5 Å². The van der Waals surface area contributed by atoms with Crippen molar-refractivity contribution in [3.63, 3.8) is 0 Å². The van der Waals surface area contributed by atoms with E-state index in [1.54, 1.807) is 38.1 Å². The van der Waals surface area contributed by atoms with Crippen LogP contribution in [0.3, 0.4) is 0 Å². The standard InChI is InChI=1S/C22H25Cl2N3O4/c1-5-16(15-8-6-14(11-25)7-9-15)20(28)26-17-19(24)27(21(17)29)18(13(4)10-23)22(30)31-12(2)3/h6-9,12,16-19H,4-5,10H2,1-3H3,(H,26,28).